The molecule has 5 nitrogen and oxygen atoms in total. The van der Waals surface area contributed by atoms with Gasteiger partial charge in [-0.15, -0.1) is 0 Å². The quantitative estimate of drug-likeness (QED) is 0.883. The van der Waals surface area contributed by atoms with Crippen LogP contribution in [0.4, 0.5) is 10.5 Å². The molecule has 2 N–H and O–H groups in total. The van der Waals surface area contributed by atoms with Crippen LogP contribution in [0, 0.1) is 6.92 Å². The van der Waals surface area contributed by atoms with Crippen molar-refractivity contribution in [3.8, 4) is 0 Å². The standard InChI is InChI=1S/C16H20N2O3/c1-11-8-9-15(21-11)12(2)17-16(19)18-14-7-5-4-6-13(14)10-20-3/h4-9,12H,10H2,1-3H3,(H2,17,18,19)/t12-/m1/s1. The van der Waals surface area contributed by atoms with Crippen LogP contribution in [0.2, 0.25) is 0 Å². The van der Waals surface area contributed by atoms with Crippen LogP contribution in [-0.2, 0) is 11.3 Å². The predicted molar refractivity (Wildman–Crippen MR) is 81.2 cm³/mol. The third-order valence-electron chi connectivity index (χ3n) is 3.10. The summed E-state index contributed by atoms with van der Waals surface area (Å²) in [5, 5.41) is 5.67. The highest BCUT2D eigenvalue weighted by Crippen LogP contribution is 2.18. The molecule has 1 atom stereocenters. The maximum Gasteiger partial charge on any atom is 0.319 e. The number of benzene rings is 1. The summed E-state index contributed by atoms with van der Waals surface area (Å²) in [5.74, 6) is 1.55. The number of para-hydroxylation sites is 1. The van der Waals surface area contributed by atoms with Gasteiger partial charge in [-0.05, 0) is 32.0 Å². The molecule has 0 fully saturated rings. The summed E-state index contributed by atoms with van der Waals surface area (Å²) in [6, 6.07) is 10.8. The zero-order valence-electron chi connectivity index (χ0n) is 12.5. The maximum atomic E-state index is 12.1. The molecular formula is C16H20N2O3. The lowest BCUT2D eigenvalue weighted by atomic mass is 10.2. The zero-order valence-corrected chi connectivity index (χ0v) is 12.5. The van der Waals surface area contributed by atoms with Crippen LogP contribution >= 0.6 is 0 Å². The van der Waals surface area contributed by atoms with Crippen LogP contribution < -0.4 is 10.6 Å². The summed E-state index contributed by atoms with van der Waals surface area (Å²) in [7, 11) is 1.62. The van der Waals surface area contributed by atoms with Gasteiger partial charge in [-0.2, -0.15) is 0 Å². The van der Waals surface area contributed by atoms with Gasteiger partial charge in [0.2, 0.25) is 0 Å². The summed E-state index contributed by atoms with van der Waals surface area (Å²) in [5.41, 5.74) is 1.66. The van der Waals surface area contributed by atoms with Crippen LogP contribution in [0.3, 0.4) is 0 Å². The molecule has 2 aromatic rings. The topological polar surface area (TPSA) is 63.5 Å². The first-order valence-corrected chi connectivity index (χ1v) is 6.81. The fraction of sp³-hybridized carbons (Fsp3) is 0.312. The minimum Gasteiger partial charge on any atom is -0.464 e. The lowest BCUT2D eigenvalue weighted by Gasteiger charge is -2.14. The van der Waals surface area contributed by atoms with Crippen molar-refractivity contribution in [2.24, 2.45) is 0 Å². The van der Waals surface area contributed by atoms with E-state index in [0.29, 0.717) is 6.61 Å². The van der Waals surface area contributed by atoms with Crippen molar-refractivity contribution in [3.63, 3.8) is 0 Å². The molecule has 5 heteroatoms. The van der Waals surface area contributed by atoms with Gasteiger partial charge in [-0.25, -0.2) is 4.79 Å². The minimum atomic E-state index is -0.278. The van der Waals surface area contributed by atoms with Gasteiger partial charge < -0.3 is 19.8 Å². The number of nitrogens with one attached hydrogen (secondary N) is 2. The van der Waals surface area contributed by atoms with Crippen LogP contribution in [-0.4, -0.2) is 13.1 Å². The fourth-order valence-electron chi connectivity index (χ4n) is 2.04. The molecule has 0 aliphatic rings. The van der Waals surface area contributed by atoms with Crippen LogP contribution in [0.5, 0.6) is 0 Å². The Hall–Kier alpha value is -2.27. The van der Waals surface area contributed by atoms with Crippen LogP contribution in [0.1, 0.15) is 30.0 Å². The van der Waals surface area contributed by atoms with E-state index in [9.17, 15) is 4.79 Å². The Balaban J connectivity index is 1.98. The number of amides is 2. The van der Waals surface area contributed by atoms with Crippen molar-refractivity contribution in [3.05, 3.63) is 53.5 Å². The number of carbonyl (C=O) groups excluding carboxylic acids is 1. The molecule has 2 rings (SSSR count). The maximum absolute atomic E-state index is 12.1. The second-order valence-corrected chi connectivity index (χ2v) is 4.86. The number of rotatable bonds is 5. The first-order valence-electron chi connectivity index (χ1n) is 6.81. The third-order valence-corrected chi connectivity index (χ3v) is 3.10. The molecule has 0 bridgehead atoms. The van der Waals surface area contributed by atoms with Crippen molar-refractivity contribution in [2.75, 3.05) is 12.4 Å². The molecule has 0 spiro atoms. The van der Waals surface area contributed by atoms with E-state index in [1.165, 1.54) is 0 Å². The smallest absolute Gasteiger partial charge is 0.319 e. The third kappa shape index (κ3) is 4.10. The second kappa shape index (κ2) is 6.95. The van der Waals surface area contributed by atoms with E-state index in [-0.39, 0.29) is 12.1 Å². The number of hydrogen-bond donors (Lipinski definition) is 2. The zero-order chi connectivity index (χ0) is 15.2. The first-order chi connectivity index (χ1) is 10.1. The molecule has 21 heavy (non-hydrogen) atoms. The van der Waals surface area contributed by atoms with Crippen LogP contribution in [0.15, 0.2) is 40.8 Å². The highest BCUT2D eigenvalue weighted by atomic mass is 16.5. The molecule has 112 valence electrons. The van der Waals surface area contributed by atoms with Crippen molar-refractivity contribution < 1.29 is 13.9 Å². The van der Waals surface area contributed by atoms with Crippen molar-refractivity contribution >= 4 is 11.7 Å². The highest BCUT2D eigenvalue weighted by molar-refractivity contribution is 5.90. The average Bonchev–Trinajstić information content (AvgIpc) is 2.88. The lowest BCUT2D eigenvalue weighted by molar-refractivity contribution is 0.185. The van der Waals surface area contributed by atoms with Gasteiger partial charge >= 0.3 is 6.03 Å². The molecule has 1 aromatic carbocycles. The average molecular weight is 288 g/mol. The Morgan fingerprint density at radius 2 is 2.05 bits per heavy atom. The van der Waals surface area contributed by atoms with Gasteiger partial charge in [0.25, 0.3) is 0 Å². The highest BCUT2D eigenvalue weighted by Gasteiger charge is 2.13. The normalized spacial score (nSPS) is 12.0. The number of ether oxygens (including phenoxy) is 1. The number of anilines is 1. The van der Waals surface area contributed by atoms with E-state index in [2.05, 4.69) is 10.6 Å². The first kappa shape index (κ1) is 15.1. The van der Waals surface area contributed by atoms with Gasteiger partial charge in [-0.3, -0.25) is 0 Å². The summed E-state index contributed by atoms with van der Waals surface area (Å²) in [6.07, 6.45) is 0. The molecule has 0 unspecified atom stereocenters. The Morgan fingerprint density at radius 1 is 1.29 bits per heavy atom. The van der Waals surface area contributed by atoms with Crippen LogP contribution in [0.25, 0.3) is 0 Å². The molecule has 0 saturated carbocycles. The Kier molecular flexibility index (Phi) is 5.00. The largest absolute Gasteiger partial charge is 0.464 e. The van der Waals surface area contributed by atoms with E-state index in [0.717, 1.165) is 22.8 Å². The van der Waals surface area contributed by atoms with Gasteiger partial charge in [0, 0.05) is 18.4 Å². The molecular weight excluding hydrogens is 268 g/mol. The molecule has 1 aromatic heterocycles. The summed E-state index contributed by atoms with van der Waals surface area (Å²) >= 11 is 0. The van der Waals surface area contributed by atoms with Crippen molar-refractivity contribution in [2.45, 2.75) is 26.5 Å². The second-order valence-electron chi connectivity index (χ2n) is 4.86. The summed E-state index contributed by atoms with van der Waals surface area (Å²) in [6.45, 7) is 4.19. The predicted octanol–water partition coefficient (Wildman–Crippen LogP) is 3.62. The number of carbonyl (C=O) groups is 1. The molecule has 0 aliphatic heterocycles. The molecule has 0 saturated heterocycles. The molecule has 0 aliphatic carbocycles. The Bertz CT molecular complexity index is 607. The van der Waals surface area contributed by atoms with Crippen molar-refractivity contribution in [1.82, 2.24) is 5.32 Å². The number of urea groups is 1. The molecule has 2 amide bonds. The van der Waals surface area contributed by atoms with Gasteiger partial charge in [0.15, 0.2) is 0 Å². The Labute approximate surface area is 124 Å². The monoisotopic (exact) mass is 288 g/mol. The number of hydrogen-bond acceptors (Lipinski definition) is 3. The van der Waals surface area contributed by atoms with E-state index in [4.69, 9.17) is 9.15 Å². The number of aryl methyl sites for hydroxylation is 1. The molecule has 1 heterocycles. The number of methoxy groups -OCH3 is 1. The summed E-state index contributed by atoms with van der Waals surface area (Å²) in [4.78, 5) is 12.1. The van der Waals surface area contributed by atoms with E-state index >= 15 is 0 Å². The molecule has 0 radical (unpaired) electrons. The number of furan rings is 1. The minimum absolute atomic E-state index is 0.201. The van der Waals surface area contributed by atoms with E-state index in [1.807, 2.05) is 50.2 Å². The lowest BCUT2D eigenvalue weighted by Crippen LogP contribution is -2.31. The SMILES string of the molecule is COCc1ccccc1NC(=O)N[C@H](C)c1ccc(C)o1. The fourth-order valence-corrected chi connectivity index (χ4v) is 2.04. The van der Waals surface area contributed by atoms with E-state index < -0.39 is 0 Å². The van der Waals surface area contributed by atoms with E-state index in [1.54, 1.807) is 7.11 Å². The summed E-state index contributed by atoms with van der Waals surface area (Å²) < 4.78 is 10.6. The Morgan fingerprint density at radius 3 is 2.71 bits per heavy atom. The van der Waals surface area contributed by atoms with Crippen molar-refractivity contribution in [1.29, 1.82) is 0 Å². The van der Waals surface area contributed by atoms with Gasteiger partial charge in [0.1, 0.15) is 11.5 Å². The van der Waals surface area contributed by atoms with Gasteiger partial charge in [-0.1, -0.05) is 18.2 Å². The van der Waals surface area contributed by atoms with Gasteiger partial charge in [0.05, 0.1) is 12.6 Å².